The summed E-state index contributed by atoms with van der Waals surface area (Å²) in [6.07, 6.45) is 1.71. The fourth-order valence-corrected chi connectivity index (χ4v) is 2.24. The number of methoxy groups -OCH3 is 2. The zero-order valence-electron chi connectivity index (χ0n) is 10.7. The van der Waals surface area contributed by atoms with Crippen LogP contribution in [0.25, 0.3) is 21.7 Å². The van der Waals surface area contributed by atoms with E-state index in [4.69, 9.17) is 15.2 Å². The van der Waals surface area contributed by atoms with Crippen LogP contribution in [0.2, 0.25) is 0 Å². The second-order valence-corrected chi connectivity index (χ2v) is 4.10. The molecule has 5 heteroatoms. The van der Waals surface area contributed by atoms with Gasteiger partial charge < -0.3 is 15.2 Å². The van der Waals surface area contributed by atoms with Crippen LogP contribution in [0, 0.1) is 0 Å². The summed E-state index contributed by atoms with van der Waals surface area (Å²) >= 11 is 0. The van der Waals surface area contributed by atoms with Crippen molar-refractivity contribution in [3.05, 3.63) is 30.5 Å². The van der Waals surface area contributed by atoms with Crippen molar-refractivity contribution in [2.45, 2.75) is 0 Å². The number of rotatable bonds is 2. The van der Waals surface area contributed by atoms with Gasteiger partial charge >= 0.3 is 0 Å². The highest BCUT2D eigenvalue weighted by Gasteiger charge is 2.16. The van der Waals surface area contributed by atoms with E-state index in [0.29, 0.717) is 17.4 Å². The third-order valence-corrected chi connectivity index (χ3v) is 3.09. The zero-order chi connectivity index (χ0) is 13.4. The summed E-state index contributed by atoms with van der Waals surface area (Å²) in [6.45, 7) is 0. The van der Waals surface area contributed by atoms with Crippen molar-refractivity contribution in [2.75, 3.05) is 20.0 Å². The normalized spacial score (nSPS) is 10.8. The van der Waals surface area contributed by atoms with E-state index in [1.807, 2.05) is 24.3 Å². The third kappa shape index (κ3) is 1.62. The number of hydrogen-bond acceptors (Lipinski definition) is 5. The highest BCUT2D eigenvalue weighted by Crippen LogP contribution is 2.39. The molecule has 2 N–H and O–H groups in total. The lowest BCUT2D eigenvalue weighted by Crippen LogP contribution is -2.00. The Hall–Kier alpha value is -2.56. The number of aromatic nitrogens is 2. The SMILES string of the molecule is COc1nc(N)c2cnc3ccccc3c2c1OC. The van der Waals surface area contributed by atoms with Crippen LogP contribution < -0.4 is 15.2 Å². The minimum absolute atomic E-state index is 0.379. The molecule has 0 fully saturated rings. The molecule has 0 spiro atoms. The van der Waals surface area contributed by atoms with Gasteiger partial charge in [-0.1, -0.05) is 18.2 Å². The van der Waals surface area contributed by atoms with E-state index in [9.17, 15) is 0 Å². The van der Waals surface area contributed by atoms with Crippen LogP contribution in [0.3, 0.4) is 0 Å². The third-order valence-electron chi connectivity index (χ3n) is 3.09. The van der Waals surface area contributed by atoms with Crippen LogP contribution in [0.1, 0.15) is 0 Å². The Morgan fingerprint density at radius 1 is 1.05 bits per heavy atom. The number of nitrogens with two attached hydrogens (primary N) is 1. The van der Waals surface area contributed by atoms with Crippen molar-refractivity contribution in [1.82, 2.24) is 9.97 Å². The first-order chi connectivity index (χ1) is 9.26. The van der Waals surface area contributed by atoms with Gasteiger partial charge in [0, 0.05) is 22.4 Å². The lowest BCUT2D eigenvalue weighted by atomic mass is 10.1. The molecule has 2 aromatic heterocycles. The maximum atomic E-state index is 5.96. The molecule has 0 radical (unpaired) electrons. The van der Waals surface area contributed by atoms with E-state index in [-0.39, 0.29) is 0 Å². The van der Waals surface area contributed by atoms with Gasteiger partial charge in [-0.05, 0) is 6.07 Å². The molecule has 2 heterocycles. The quantitative estimate of drug-likeness (QED) is 0.712. The summed E-state index contributed by atoms with van der Waals surface area (Å²) in [7, 11) is 3.13. The van der Waals surface area contributed by atoms with Gasteiger partial charge in [-0.15, -0.1) is 0 Å². The topological polar surface area (TPSA) is 70.3 Å². The Balaban J connectivity index is 2.58. The van der Waals surface area contributed by atoms with Crippen LogP contribution in [-0.4, -0.2) is 24.2 Å². The Bertz CT molecular complexity index is 771. The first kappa shape index (κ1) is 11.5. The van der Waals surface area contributed by atoms with Gasteiger partial charge in [-0.3, -0.25) is 4.98 Å². The lowest BCUT2D eigenvalue weighted by molar-refractivity contribution is 0.347. The number of hydrogen-bond donors (Lipinski definition) is 1. The van der Waals surface area contributed by atoms with Gasteiger partial charge in [0.05, 0.1) is 19.7 Å². The van der Waals surface area contributed by atoms with Crippen LogP contribution in [0.5, 0.6) is 11.6 Å². The van der Waals surface area contributed by atoms with Crippen molar-refractivity contribution in [2.24, 2.45) is 0 Å². The number of anilines is 1. The predicted octanol–water partition coefficient (Wildman–Crippen LogP) is 2.38. The Morgan fingerprint density at radius 3 is 2.58 bits per heavy atom. The summed E-state index contributed by atoms with van der Waals surface area (Å²) in [4.78, 5) is 8.57. The minimum atomic E-state index is 0.379. The van der Waals surface area contributed by atoms with E-state index < -0.39 is 0 Å². The standard InChI is InChI=1S/C14H13N3O2/c1-18-12-11-8-5-3-4-6-10(8)16-7-9(11)13(15)17-14(12)19-2/h3-7H,1-2H3,(H2,15,17). The maximum Gasteiger partial charge on any atom is 0.259 e. The molecule has 19 heavy (non-hydrogen) atoms. The fourth-order valence-electron chi connectivity index (χ4n) is 2.24. The molecule has 0 atom stereocenters. The van der Waals surface area contributed by atoms with Crippen LogP contribution >= 0.6 is 0 Å². The molecule has 0 bridgehead atoms. The second kappa shape index (κ2) is 4.28. The van der Waals surface area contributed by atoms with E-state index in [2.05, 4.69) is 9.97 Å². The predicted molar refractivity (Wildman–Crippen MR) is 74.6 cm³/mol. The molecule has 1 aromatic carbocycles. The number of nitrogens with zero attached hydrogens (tertiary/aromatic N) is 2. The Labute approximate surface area is 110 Å². The molecular formula is C14H13N3O2. The molecule has 0 amide bonds. The first-order valence-electron chi connectivity index (χ1n) is 5.81. The first-order valence-corrected chi connectivity index (χ1v) is 5.81. The number of benzene rings is 1. The number of nitrogen functional groups attached to an aromatic ring is 1. The van der Waals surface area contributed by atoms with Gasteiger partial charge in [0.1, 0.15) is 5.82 Å². The number of pyridine rings is 2. The summed E-state index contributed by atoms with van der Waals surface area (Å²) in [5.74, 6) is 1.33. The molecule has 0 unspecified atom stereocenters. The fraction of sp³-hybridized carbons (Fsp3) is 0.143. The van der Waals surface area contributed by atoms with Crippen LogP contribution in [-0.2, 0) is 0 Å². The van der Waals surface area contributed by atoms with E-state index in [1.165, 1.54) is 0 Å². The van der Waals surface area contributed by atoms with Crippen molar-refractivity contribution >= 4 is 27.5 Å². The van der Waals surface area contributed by atoms with Gasteiger partial charge in [-0.2, -0.15) is 4.98 Å². The van der Waals surface area contributed by atoms with E-state index in [1.54, 1.807) is 20.4 Å². The van der Waals surface area contributed by atoms with Gasteiger partial charge in [0.2, 0.25) is 0 Å². The van der Waals surface area contributed by atoms with Crippen molar-refractivity contribution in [3.8, 4) is 11.6 Å². The average Bonchev–Trinajstić information content (AvgIpc) is 2.46. The zero-order valence-corrected chi connectivity index (χ0v) is 10.7. The monoisotopic (exact) mass is 255 g/mol. The largest absolute Gasteiger partial charge is 0.491 e. The molecule has 0 aliphatic rings. The highest BCUT2D eigenvalue weighted by atomic mass is 16.5. The molecule has 3 rings (SSSR count). The van der Waals surface area contributed by atoms with Crippen molar-refractivity contribution in [1.29, 1.82) is 0 Å². The van der Waals surface area contributed by atoms with E-state index >= 15 is 0 Å². The molecule has 0 saturated carbocycles. The summed E-state index contributed by atoms with van der Waals surface area (Å²) in [5, 5.41) is 2.60. The van der Waals surface area contributed by atoms with Gasteiger partial charge in [0.25, 0.3) is 5.88 Å². The molecule has 0 aliphatic heterocycles. The smallest absolute Gasteiger partial charge is 0.259 e. The lowest BCUT2D eigenvalue weighted by Gasteiger charge is -2.13. The Morgan fingerprint density at radius 2 is 1.84 bits per heavy atom. The average molecular weight is 255 g/mol. The molecule has 0 aliphatic carbocycles. The number of ether oxygens (including phenoxy) is 2. The van der Waals surface area contributed by atoms with Crippen molar-refractivity contribution < 1.29 is 9.47 Å². The minimum Gasteiger partial charge on any atom is -0.491 e. The Kier molecular flexibility index (Phi) is 2.59. The number of para-hydroxylation sites is 1. The summed E-state index contributed by atoms with van der Waals surface area (Å²) < 4.78 is 10.7. The van der Waals surface area contributed by atoms with Gasteiger partial charge in [-0.25, -0.2) is 0 Å². The molecule has 96 valence electrons. The molecule has 0 saturated heterocycles. The van der Waals surface area contributed by atoms with E-state index in [0.717, 1.165) is 21.7 Å². The maximum absolute atomic E-state index is 5.96. The van der Waals surface area contributed by atoms with Crippen LogP contribution in [0.4, 0.5) is 5.82 Å². The second-order valence-electron chi connectivity index (χ2n) is 4.10. The molecule has 3 aromatic rings. The van der Waals surface area contributed by atoms with Crippen LogP contribution in [0.15, 0.2) is 30.5 Å². The molecular weight excluding hydrogens is 242 g/mol. The van der Waals surface area contributed by atoms with Gasteiger partial charge in [0.15, 0.2) is 5.75 Å². The summed E-state index contributed by atoms with van der Waals surface area (Å²) in [5.41, 5.74) is 6.84. The number of fused-ring (bicyclic) bond motifs is 3. The van der Waals surface area contributed by atoms with Crippen molar-refractivity contribution in [3.63, 3.8) is 0 Å². The summed E-state index contributed by atoms with van der Waals surface area (Å²) in [6, 6.07) is 7.81. The highest BCUT2D eigenvalue weighted by molar-refractivity contribution is 6.12. The molecule has 5 nitrogen and oxygen atoms in total.